The summed E-state index contributed by atoms with van der Waals surface area (Å²) in [5, 5.41) is 43.2. The molecule has 5 N–H and O–H groups in total. The Hall–Kier alpha value is -4.66. The molecular weight excluding hydrogens is 444 g/mol. The number of phenolic OH excluding ortho intramolecular Hbond substituents is 1. The SMILES string of the molecule is CC(C)c1ccccc1O.O=C(O)c1ccc(C(=O)O)cc1.O=C(O)c1cccc(C(=O)O)c1. The molecule has 0 aliphatic carbocycles. The highest BCUT2D eigenvalue weighted by Crippen LogP contribution is 2.23. The van der Waals surface area contributed by atoms with Crippen molar-refractivity contribution in [2.45, 2.75) is 19.8 Å². The van der Waals surface area contributed by atoms with Crippen LogP contribution in [0.2, 0.25) is 0 Å². The van der Waals surface area contributed by atoms with Crippen molar-refractivity contribution >= 4 is 23.9 Å². The van der Waals surface area contributed by atoms with Gasteiger partial charge in [0.15, 0.2) is 0 Å². The Balaban J connectivity index is 0.000000256. The predicted octanol–water partition coefficient (Wildman–Crippen LogP) is 4.68. The molecule has 0 fully saturated rings. The summed E-state index contributed by atoms with van der Waals surface area (Å²) in [5.74, 6) is -3.58. The fourth-order valence-electron chi connectivity index (χ4n) is 2.52. The maximum Gasteiger partial charge on any atom is 0.335 e. The molecule has 0 aromatic heterocycles. The van der Waals surface area contributed by atoms with Crippen LogP contribution in [-0.4, -0.2) is 49.4 Å². The van der Waals surface area contributed by atoms with Gasteiger partial charge in [-0.2, -0.15) is 0 Å². The number of carbonyl (C=O) groups is 4. The lowest BCUT2D eigenvalue weighted by Crippen LogP contribution is -2.01. The van der Waals surface area contributed by atoms with Crippen LogP contribution in [0.15, 0.2) is 72.8 Å². The van der Waals surface area contributed by atoms with Gasteiger partial charge in [0.25, 0.3) is 0 Å². The van der Waals surface area contributed by atoms with E-state index in [1.807, 2.05) is 18.2 Å². The Morgan fingerprint density at radius 2 is 0.941 bits per heavy atom. The molecule has 0 aliphatic heterocycles. The molecule has 3 aromatic carbocycles. The standard InChI is InChI=1S/C9H12O.2C8H6O4/c1-7(2)8-5-3-4-6-9(8)10;9-7(10)5-1-2-6(4-3-5)8(11)12;9-7(10)5-2-1-3-6(4-5)8(11)12/h3-7,10H,1-2H3;2*1-4H,(H,9,10)(H,11,12). The van der Waals surface area contributed by atoms with E-state index in [9.17, 15) is 24.3 Å². The van der Waals surface area contributed by atoms with Crippen LogP contribution in [0.3, 0.4) is 0 Å². The summed E-state index contributed by atoms with van der Waals surface area (Å²) in [5.41, 5.74) is 1.15. The molecule has 0 unspecified atom stereocenters. The number of rotatable bonds is 5. The summed E-state index contributed by atoms with van der Waals surface area (Å²) in [6.07, 6.45) is 0. The van der Waals surface area contributed by atoms with Crippen molar-refractivity contribution in [3.05, 3.63) is 101 Å². The molecule has 0 saturated carbocycles. The van der Waals surface area contributed by atoms with Crippen LogP contribution in [0.25, 0.3) is 0 Å². The number of hydrogen-bond acceptors (Lipinski definition) is 5. The van der Waals surface area contributed by atoms with E-state index < -0.39 is 23.9 Å². The lowest BCUT2D eigenvalue weighted by molar-refractivity contribution is 0.0681. The number of hydrogen-bond donors (Lipinski definition) is 5. The third-order valence-corrected chi connectivity index (χ3v) is 4.29. The van der Waals surface area contributed by atoms with Gasteiger partial charge in [0.2, 0.25) is 0 Å². The first-order valence-corrected chi connectivity index (χ1v) is 9.85. The maximum atomic E-state index is 10.4. The van der Waals surface area contributed by atoms with Gasteiger partial charge in [-0.25, -0.2) is 19.2 Å². The minimum Gasteiger partial charge on any atom is -0.508 e. The number of aromatic carboxylic acids is 4. The molecule has 9 nitrogen and oxygen atoms in total. The molecular formula is C25H24O9. The van der Waals surface area contributed by atoms with Crippen LogP contribution < -0.4 is 0 Å². The van der Waals surface area contributed by atoms with E-state index in [2.05, 4.69) is 13.8 Å². The zero-order valence-electron chi connectivity index (χ0n) is 18.4. The fraction of sp³-hybridized carbons (Fsp3) is 0.120. The van der Waals surface area contributed by atoms with Crippen molar-refractivity contribution in [1.82, 2.24) is 0 Å². The molecule has 0 amide bonds. The van der Waals surface area contributed by atoms with E-state index in [-0.39, 0.29) is 22.3 Å². The Labute approximate surface area is 195 Å². The summed E-state index contributed by atoms with van der Waals surface area (Å²) in [6, 6.07) is 17.7. The molecule has 178 valence electrons. The zero-order chi connectivity index (χ0) is 25.8. The summed E-state index contributed by atoms with van der Waals surface area (Å²) in [4.78, 5) is 41.4. The molecule has 0 heterocycles. The van der Waals surface area contributed by atoms with Crippen LogP contribution in [0.5, 0.6) is 5.75 Å². The highest BCUT2D eigenvalue weighted by molar-refractivity contribution is 5.93. The van der Waals surface area contributed by atoms with Gasteiger partial charge in [-0.05, 0) is 60.0 Å². The average Bonchev–Trinajstić information content (AvgIpc) is 2.80. The van der Waals surface area contributed by atoms with Gasteiger partial charge in [0.05, 0.1) is 22.3 Å². The average molecular weight is 468 g/mol. The minimum atomic E-state index is -1.13. The van der Waals surface area contributed by atoms with Crippen molar-refractivity contribution in [2.24, 2.45) is 0 Å². The second-order valence-corrected chi connectivity index (χ2v) is 7.09. The van der Waals surface area contributed by atoms with E-state index in [1.165, 1.54) is 42.5 Å². The topological polar surface area (TPSA) is 169 Å². The van der Waals surface area contributed by atoms with Gasteiger partial charge < -0.3 is 25.5 Å². The second kappa shape index (κ2) is 13.0. The van der Waals surface area contributed by atoms with Crippen molar-refractivity contribution in [1.29, 1.82) is 0 Å². The smallest absolute Gasteiger partial charge is 0.335 e. The Morgan fingerprint density at radius 3 is 1.24 bits per heavy atom. The highest BCUT2D eigenvalue weighted by atomic mass is 16.4. The van der Waals surface area contributed by atoms with Gasteiger partial charge in [-0.15, -0.1) is 0 Å². The summed E-state index contributed by atoms with van der Waals surface area (Å²) in [7, 11) is 0. The van der Waals surface area contributed by atoms with Gasteiger partial charge in [0, 0.05) is 0 Å². The van der Waals surface area contributed by atoms with Crippen LogP contribution in [0, 0.1) is 0 Å². The third kappa shape index (κ3) is 8.83. The van der Waals surface area contributed by atoms with E-state index in [4.69, 9.17) is 20.4 Å². The Bertz CT molecular complexity index is 1090. The minimum absolute atomic E-state index is 0.0186. The van der Waals surface area contributed by atoms with Gasteiger partial charge in [-0.1, -0.05) is 38.1 Å². The van der Waals surface area contributed by atoms with E-state index >= 15 is 0 Å². The van der Waals surface area contributed by atoms with Gasteiger partial charge >= 0.3 is 23.9 Å². The van der Waals surface area contributed by atoms with E-state index in [0.29, 0.717) is 11.7 Å². The molecule has 3 aromatic rings. The molecule has 0 bridgehead atoms. The molecule has 0 spiro atoms. The van der Waals surface area contributed by atoms with E-state index in [1.54, 1.807) is 6.07 Å². The lowest BCUT2D eigenvalue weighted by atomic mass is 10.0. The van der Waals surface area contributed by atoms with Crippen molar-refractivity contribution in [2.75, 3.05) is 0 Å². The number of carboxylic acid groups (broad SMARTS) is 4. The first kappa shape index (κ1) is 27.4. The van der Waals surface area contributed by atoms with Crippen molar-refractivity contribution < 1.29 is 44.7 Å². The van der Waals surface area contributed by atoms with Gasteiger partial charge in [0.1, 0.15) is 5.75 Å². The number of phenols is 1. The third-order valence-electron chi connectivity index (χ3n) is 4.29. The number of aromatic hydroxyl groups is 1. The quantitative estimate of drug-likeness (QED) is 0.357. The molecule has 0 saturated heterocycles. The fourth-order valence-corrected chi connectivity index (χ4v) is 2.52. The normalized spacial score (nSPS) is 9.62. The molecule has 0 atom stereocenters. The first-order chi connectivity index (χ1) is 15.9. The molecule has 34 heavy (non-hydrogen) atoms. The largest absolute Gasteiger partial charge is 0.508 e. The number of para-hydroxylation sites is 1. The molecule has 9 heteroatoms. The van der Waals surface area contributed by atoms with Crippen LogP contribution in [0.1, 0.15) is 66.8 Å². The van der Waals surface area contributed by atoms with Crippen LogP contribution >= 0.6 is 0 Å². The number of carboxylic acids is 4. The van der Waals surface area contributed by atoms with Crippen LogP contribution in [-0.2, 0) is 0 Å². The molecule has 0 radical (unpaired) electrons. The van der Waals surface area contributed by atoms with Gasteiger partial charge in [-0.3, -0.25) is 0 Å². The lowest BCUT2D eigenvalue weighted by Gasteiger charge is -2.05. The summed E-state index contributed by atoms with van der Waals surface area (Å²) >= 11 is 0. The first-order valence-electron chi connectivity index (χ1n) is 9.85. The van der Waals surface area contributed by atoms with Crippen molar-refractivity contribution in [3.8, 4) is 5.75 Å². The predicted molar refractivity (Wildman–Crippen MR) is 123 cm³/mol. The summed E-state index contributed by atoms with van der Waals surface area (Å²) < 4.78 is 0. The Kier molecular flexibility index (Phi) is 10.5. The summed E-state index contributed by atoms with van der Waals surface area (Å²) in [6.45, 7) is 4.13. The van der Waals surface area contributed by atoms with E-state index in [0.717, 1.165) is 11.6 Å². The highest BCUT2D eigenvalue weighted by Gasteiger charge is 2.07. The maximum absolute atomic E-state index is 10.4. The second-order valence-electron chi connectivity index (χ2n) is 7.09. The monoisotopic (exact) mass is 468 g/mol. The zero-order valence-corrected chi connectivity index (χ0v) is 18.4. The van der Waals surface area contributed by atoms with Crippen LogP contribution in [0.4, 0.5) is 0 Å². The number of benzene rings is 3. The molecule has 3 rings (SSSR count). The Morgan fingerprint density at radius 1 is 0.559 bits per heavy atom. The molecule has 0 aliphatic rings. The van der Waals surface area contributed by atoms with Crippen molar-refractivity contribution in [3.63, 3.8) is 0 Å².